The monoisotopic (exact) mass is 190 g/mol. The largest absolute Gasteiger partial charge is 0.478 e. The molecule has 2 atom stereocenters. The third kappa shape index (κ3) is 1.50. The Bertz CT molecular complexity index is 269. The number of hydrogen-bond donors (Lipinski definition) is 3. The van der Waals surface area contributed by atoms with Gasteiger partial charge in [0.1, 0.15) is 12.2 Å². The van der Waals surface area contributed by atoms with E-state index in [0.717, 1.165) is 0 Å². The molecule has 0 aromatic heterocycles. The van der Waals surface area contributed by atoms with Gasteiger partial charge in [-0.15, -0.1) is 0 Å². The zero-order chi connectivity index (χ0) is 9.30. The highest BCUT2D eigenvalue weighted by molar-refractivity contribution is 6.30. The normalized spacial score (nSPS) is 29.2. The maximum absolute atomic E-state index is 10.4. The summed E-state index contributed by atoms with van der Waals surface area (Å²) < 4.78 is 0. The molecule has 0 aromatic rings. The van der Waals surface area contributed by atoms with Crippen molar-refractivity contribution in [2.45, 2.75) is 12.2 Å². The van der Waals surface area contributed by atoms with Gasteiger partial charge < -0.3 is 15.3 Å². The van der Waals surface area contributed by atoms with Crippen molar-refractivity contribution in [1.29, 1.82) is 0 Å². The molecule has 0 fully saturated rings. The molecule has 0 aliphatic heterocycles. The fraction of sp³-hybridized carbons (Fsp3) is 0.286. The highest BCUT2D eigenvalue weighted by atomic mass is 35.5. The van der Waals surface area contributed by atoms with Gasteiger partial charge in [-0.25, -0.2) is 4.79 Å². The summed E-state index contributed by atoms with van der Waals surface area (Å²) in [6.07, 6.45) is -0.354. The number of carboxylic acids is 1. The third-order valence-corrected chi connectivity index (χ3v) is 1.92. The molecule has 0 bridgehead atoms. The Labute approximate surface area is 73.4 Å². The molecule has 1 rings (SSSR count). The SMILES string of the molecule is O=C(O)C1=CC=C(Cl)[C@@H](O)[C@@H]1O. The van der Waals surface area contributed by atoms with Crippen molar-refractivity contribution in [2.75, 3.05) is 0 Å². The van der Waals surface area contributed by atoms with Gasteiger partial charge in [-0.3, -0.25) is 0 Å². The molecule has 0 amide bonds. The molecule has 5 heteroatoms. The van der Waals surface area contributed by atoms with Gasteiger partial charge in [0.15, 0.2) is 0 Å². The predicted octanol–water partition coefficient (Wildman–Crippen LogP) is -0.144. The molecule has 0 saturated heterocycles. The summed E-state index contributed by atoms with van der Waals surface area (Å²) in [5.41, 5.74) is -0.257. The first-order valence-corrected chi connectivity index (χ1v) is 3.58. The van der Waals surface area contributed by atoms with Crippen molar-refractivity contribution in [3.8, 4) is 0 Å². The maximum atomic E-state index is 10.4. The van der Waals surface area contributed by atoms with Crippen LogP contribution in [0.15, 0.2) is 22.8 Å². The van der Waals surface area contributed by atoms with Gasteiger partial charge in [0, 0.05) is 5.03 Å². The van der Waals surface area contributed by atoms with Crippen molar-refractivity contribution in [2.24, 2.45) is 0 Å². The Hall–Kier alpha value is -0.840. The molecular formula is C7H7ClO4. The Kier molecular flexibility index (Phi) is 2.52. The van der Waals surface area contributed by atoms with E-state index in [-0.39, 0.29) is 10.6 Å². The first kappa shape index (κ1) is 9.25. The number of rotatable bonds is 1. The number of hydrogen-bond acceptors (Lipinski definition) is 3. The Morgan fingerprint density at radius 1 is 1.33 bits per heavy atom. The molecule has 4 nitrogen and oxygen atoms in total. The number of halogens is 1. The molecule has 0 radical (unpaired) electrons. The summed E-state index contributed by atoms with van der Waals surface area (Å²) in [7, 11) is 0. The Morgan fingerprint density at radius 2 is 1.92 bits per heavy atom. The van der Waals surface area contributed by atoms with E-state index in [9.17, 15) is 4.79 Å². The first-order valence-electron chi connectivity index (χ1n) is 3.20. The van der Waals surface area contributed by atoms with Crippen LogP contribution in [0, 0.1) is 0 Å². The predicted molar refractivity (Wildman–Crippen MR) is 41.7 cm³/mol. The first-order chi connectivity index (χ1) is 5.54. The Morgan fingerprint density at radius 3 is 2.42 bits per heavy atom. The zero-order valence-electron chi connectivity index (χ0n) is 5.94. The van der Waals surface area contributed by atoms with Crippen LogP contribution in [-0.2, 0) is 4.79 Å². The molecule has 0 saturated carbocycles. The smallest absolute Gasteiger partial charge is 0.334 e. The van der Waals surface area contributed by atoms with Gasteiger partial charge in [-0.2, -0.15) is 0 Å². The minimum Gasteiger partial charge on any atom is -0.478 e. The molecule has 1 aliphatic rings. The second-order valence-electron chi connectivity index (χ2n) is 2.37. The van der Waals surface area contributed by atoms with Gasteiger partial charge in [0.2, 0.25) is 0 Å². The lowest BCUT2D eigenvalue weighted by atomic mass is 9.99. The number of carbonyl (C=O) groups is 1. The standard InChI is InChI=1S/C7H7ClO4/c8-4-2-1-3(7(11)12)5(9)6(4)10/h1-2,5-6,9-10H,(H,11,12)/t5-,6-/m1/s1. The average molecular weight is 191 g/mol. The molecular weight excluding hydrogens is 184 g/mol. The lowest BCUT2D eigenvalue weighted by Crippen LogP contribution is -2.33. The molecule has 0 aromatic carbocycles. The van der Waals surface area contributed by atoms with Crippen LogP contribution in [0.25, 0.3) is 0 Å². The number of allylic oxidation sites excluding steroid dienone is 2. The summed E-state index contributed by atoms with van der Waals surface area (Å²) in [5.74, 6) is -1.26. The number of aliphatic carboxylic acids is 1. The molecule has 0 unspecified atom stereocenters. The Balaban J connectivity index is 2.97. The number of aliphatic hydroxyl groups excluding tert-OH is 2. The van der Waals surface area contributed by atoms with Crippen LogP contribution >= 0.6 is 11.6 Å². The summed E-state index contributed by atoms with van der Waals surface area (Å²) >= 11 is 5.45. The second-order valence-corrected chi connectivity index (χ2v) is 2.80. The summed E-state index contributed by atoms with van der Waals surface area (Å²) in [5, 5.41) is 26.8. The molecule has 3 N–H and O–H groups in total. The van der Waals surface area contributed by atoms with Gasteiger partial charge in [0.25, 0.3) is 0 Å². The van der Waals surface area contributed by atoms with E-state index < -0.39 is 18.2 Å². The number of carboxylic acid groups (broad SMARTS) is 1. The molecule has 66 valence electrons. The fourth-order valence-electron chi connectivity index (χ4n) is 0.885. The van der Waals surface area contributed by atoms with E-state index in [1.807, 2.05) is 0 Å². The van der Waals surface area contributed by atoms with Gasteiger partial charge >= 0.3 is 5.97 Å². The average Bonchev–Trinajstić information content (AvgIpc) is 2.00. The molecule has 12 heavy (non-hydrogen) atoms. The molecule has 0 heterocycles. The van der Waals surface area contributed by atoms with Crippen molar-refractivity contribution in [3.05, 3.63) is 22.8 Å². The summed E-state index contributed by atoms with van der Waals surface area (Å²) in [4.78, 5) is 10.4. The highest BCUT2D eigenvalue weighted by Crippen LogP contribution is 2.22. The van der Waals surface area contributed by atoms with E-state index in [4.69, 9.17) is 26.9 Å². The van der Waals surface area contributed by atoms with Crippen LogP contribution in [0.5, 0.6) is 0 Å². The van der Waals surface area contributed by atoms with Crippen LogP contribution in [0.4, 0.5) is 0 Å². The summed E-state index contributed by atoms with van der Waals surface area (Å²) in [6, 6.07) is 0. The topological polar surface area (TPSA) is 77.8 Å². The quantitative estimate of drug-likeness (QED) is 0.538. The van der Waals surface area contributed by atoms with Crippen LogP contribution < -0.4 is 0 Å². The van der Waals surface area contributed by atoms with Gasteiger partial charge in [0.05, 0.1) is 5.57 Å². The van der Waals surface area contributed by atoms with E-state index >= 15 is 0 Å². The highest BCUT2D eigenvalue weighted by Gasteiger charge is 2.29. The van der Waals surface area contributed by atoms with Gasteiger partial charge in [-0.1, -0.05) is 11.6 Å². The zero-order valence-corrected chi connectivity index (χ0v) is 6.69. The van der Waals surface area contributed by atoms with Crippen LogP contribution in [0.2, 0.25) is 0 Å². The van der Waals surface area contributed by atoms with Gasteiger partial charge in [-0.05, 0) is 12.2 Å². The van der Waals surface area contributed by atoms with Crippen LogP contribution in [0.1, 0.15) is 0 Å². The van der Waals surface area contributed by atoms with Crippen molar-refractivity contribution < 1.29 is 20.1 Å². The van der Waals surface area contributed by atoms with E-state index in [2.05, 4.69) is 0 Å². The van der Waals surface area contributed by atoms with Crippen molar-refractivity contribution in [1.82, 2.24) is 0 Å². The maximum Gasteiger partial charge on any atom is 0.334 e. The minimum atomic E-state index is -1.44. The molecule has 1 aliphatic carbocycles. The second kappa shape index (κ2) is 3.26. The van der Waals surface area contributed by atoms with E-state index in [1.54, 1.807) is 0 Å². The van der Waals surface area contributed by atoms with Crippen LogP contribution in [-0.4, -0.2) is 33.5 Å². The third-order valence-electron chi connectivity index (χ3n) is 1.57. The minimum absolute atomic E-state index is 0.0347. The van der Waals surface area contributed by atoms with E-state index in [0.29, 0.717) is 0 Å². The lowest BCUT2D eigenvalue weighted by molar-refractivity contribution is -0.134. The number of aliphatic hydroxyl groups is 2. The van der Waals surface area contributed by atoms with Crippen molar-refractivity contribution >= 4 is 17.6 Å². The van der Waals surface area contributed by atoms with Crippen LogP contribution in [0.3, 0.4) is 0 Å². The molecule has 0 spiro atoms. The summed E-state index contributed by atoms with van der Waals surface area (Å²) in [6.45, 7) is 0. The van der Waals surface area contributed by atoms with E-state index in [1.165, 1.54) is 12.2 Å². The van der Waals surface area contributed by atoms with Crippen molar-refractivity contribution in [3.63, 3.8) is 0 Å². The lowest BCUT2D eigenvalue weighted by Gasteiger charge is -2.20. The fourth-order valence-corrected chi connectivity index (χ4v) is 1.07.